The van der Waals surface area contributed by atoms with Crippen LogP contribution in [-0.2, 0) is 17.8 Å². The van der Waals surface area contributed by atoms with Gasteiger partial charge in [0.05, 0.1) is 0 Å². The average Bonchev–Trinajstić information content (AvgIpc) is 2.66. The Hall–Kier alpha value is -2.20. The van der Waals surface area contributed by atoms with Gasteiger partial charge in [-0.2, -0.15) is 0 Å². The van der Waals surface area contributed by atoms with Crippen LogP contribution in [0.2, 0.25) is 0 Å². The number of pyridine rings is 1. The van der Waals surface area contributed by atoms with Crippen molar-refractivity contribution in [3.63, 3.8) is 0 Å². The van der Waals surface area contributed by atoms with Crippen molar-refractivity contribution in [3.05, 3.63) is 66.0 Å². The van der Waals surface area contributed by atoms with Crippen LogP contribution in [0.25, 0.3) is 0 Å². The fourth-order valence-corrected chi connectivity index (χ4v) is 3.60. The highest BCUT2D eigenvalue weighted by Crippen LogP contribution is 2.25. The summed E-state index contributed by atoms with van der Waals surface area (Å²) in [7, 11) is 0. The van der Waals surface area contributed by atoms with Gasteiger partial charge in [0.1, 0.15) is 0 Å². The van der Waals surface area contributed by atoms with Gasteiger partial charge in [-0.05, 0) is 42.9 Å². The normalized spacial score (nSPS) is 20.2. The van der Waals surface area contributed by atoms with E-state index in [2.05, 4.69) is 17.1 Å². The molecule has 1 fully saturated rings. The molecule has 0 aliphatic heterocycles. The molecule has 2 N–H and O–H groups in total. The number of hydrogen-bond donors (Lipinski definition) is 1. The summed E-state index contributed by atoms with van der Waals surface area (Å²) in [4.78, 5) is 19.3. The number of rotatable bonds is 6. The minimum absolute atomic E-state index is 0.0659. The molecule has 0 radical (unpaired) electrons. The van der Waals surface area contributed by atoms with Crippen LogP contribution in [0.1, 0.15) is 36.8 Å². The molecule has 1 aromatic carbocycles. The Morgan fingerprint density at radius 2 is 1.92 bits per heavy atom. The van der Waals surface area contributed by atoms with E-state index < -0.39 is 0 Å². The van der Waals surface area contributed by atoms with Crippen LogP contribution in [0, 0.1) is 5.92 Å². The van der Waals surface area contributed by atoms with E-state index in [1.807, 2.05) is 41.4 Å². The lowest BCUT2D eigenvalue weighted by Crippen LogP contribution is -2.41. The molecule has 0 bridgehead atoms. The number of hydrogen-bond acceptors (Lipinski definition) is 3. The number of amides is 1. The predicted molar refractivity (Wildman–Crippen MR) is 99.7 cm³/mol. The molecule has 1 heterocycles. The van der Waals surface area contributed by atoms with Gasteiger partial charge in [-0.15, -0.1) is 0 Å². The third-order valence-electron chi connectivity index (χ3n) is 4.99. The summed E-state index contributed by atoms with van der Waals surface area (Å²) >= 11 is 0. The fourth-order valence-electron chi connectivity index (χ4n) is 3.60. The Morgan fingerprint density at radius 3 is 2.64 bits per heavy atom. The SMILES string of the molecule is NC1CCCC(C(=O)N(CCc2ccccc2)Cc2cccnc2)C1. The lowest BCUT2D eigenvalue weighted by Gasteiger charge is -2.31. The molecule has 1 aromatic heterocycles. The van der Waals surface area contributed by atoms with Gasteiger partial charge in [-0.1, -0.05) is 42.8 Å². The highest BCUT2D eigenvalue weighted by molar-refractivity contribution is 5.79. The number of carbonyl (C=O) groups is 1. The monoisotopic (exact) mass is 337 g/mol. The van der Waals surface area contributed by atoms with Gasteiger partial charge in [-0.3, -0.25) is 9.78 Å². The van der Waals surface area contributed by atoms with Crippen molar-refractivity contribution in [1.82, 2.24) is 9.88 Å². The summed E-state index contributed by atoms with van der Waals surface area (Å²) in [5.74, 6) is 0.311. The third kappa shape index (κ3) is 5.13. The number of nitrogens with zero attached hydrogens (tertiary/aromatic N) is 2. The van der Waals surface area contributed by atoms with Gasteiger partial charge in [-0.25, -0.2) is 0 Å². The first-order valence-electron chi connectivity index (χ1n) is 9.19. The summed E-state index contributed by atoms with van der Waals surface area (Å²) in [5, 5.41) is 0. The van der Waals surface area contributed by atoms with Crippen LogP contribution in [0.4, 0.5) is 0 Å². The molecular formula is C21H27N3O. The Kier molecular flexibility index (Phi) is 6.18. The minimum atomic E-state index is 0.0659. The van der Waals surface area contributed by atoms with Gasteiger partial charge in [0.2, 0.25) is 5.91 Å². The molecule has 0 saturated heterocycles. The Morgan fingerprint density at radius 1 is 1.12 bits per heavy atom. The smallest absolute Gasteiger partial charge is 0.226 e. The molecule has 2 aromatic rings. The maximum atomic E-state index is 13.1. The van der Waals surface area contributed by atoms with E-state index in [-0.39, 0.29) is 17.9 Å². The van der Waals surface area contributed by atoms with E-state index >= 15 is 0 Å². The van der Waals surface area contributed by atoms with E-state index in [4.69, 9.17) is 5.73 Å². The summed E-state index contributed by atoms with van der Waals surface area (Å²) in [6, 6.07) is 14.5. The van der Waals surface area contributed by atoms with Gasteiger partial charge in [0.15, 0.2) is 0 Å². The Bertz CT molecular complexity index is 659. The van der Waals surface area contributed by atoms with Crippen LogP contribution >= 0.6 is 0 Å². The molecule has 0 spiro atoms. The van der Waals surface area contributed by atoms with Crippen molar-refractivity contribution in [3.8, 4) is 0 Å². The van der Waals surface area contributed by atoms with E-state index in [9.17, 15) is 4.79 Å². The van der Waals surface area contributed by atoms with Gasteiger partial charge < -0.3 is 10.6 Å². The van der Waals surface area contributed by atoms with E-state index in [1.165, 1.54) is 5.56 Å². The molecule has 2 atom stereocenters. The average molecular weight is 337 g/mol. The van der Waals surface area contributed by atoms with Gasteiger partial charge in [0.25, 0.3) is 0 Å². The van der Waals surface area contributed by atoms with Crippen LogP contribution in [0.5, 0.6) is 0 Å². The molecule has 1 saturated carbocycles. The maximum Gasteiger partial charge on any atom is 0.226 e. The van der Waals surface area contributed by atoms with E-state index in [0.29, 0.717) is 6.54 Å². The molecule has 1 aliphatic rings. The fraction of sp³-hybridized carbons (Fsp3) is 0.429. The van der Waals surface area contributed by atoms with Crippen LogP contribution in [0.3, 0.4) is 0 Å². The Balaban J connectivity index is 1.69. The number of aromatic nitrogens is 1. The topological polar surface area (TPSA) is 59.2 Å². The zero-order chi connectivity index (χ0) is 17.5. The van der Waals surface area contributed by atoms with Gasteiger partial charge >= 0.3 is 0 Å². The first kappa shape index (κ1) is 17.6. The maximum absolute atomic E-state index is 13.1. The molecule has 4 nitrogen and oxygen atoms in total. The number of carbonyl (C=O) groups excluding carboxylic acids is 1. The summed E-state index contributed by atoms with van der Waals surface area (Å²) < 4.78 is 0. The molecule has 3 rings (SSSR count). The number of benzene rings is 1. The lowest BCUT2D eigenvalue weighted by atomic mass is 9.85. The summed E-state index contributed by atoms with van der Waals surface area (Å²) in [6.07, 6.45) is 8.34. The van der Waals surface area contributed by atoms with Crippen LogP contribution in [-0.4, -0.2) is 28.4 Å². The van der Waals surface area contributed by atoms with Crippen molar-refractivity contribution in [2.75, 3.05) is 6.54 Å². The molecule has 4 heteroatoms. The van der Waals surface area contributed by atoms with Crippen molar-refractivity contribution in [2.24, 2.45) is 11.7 Å². The largest absolute Gasteiger partial charge is 0.338 e. The predicted octanol–water partition coefficient (Wildman–Crippen LogP) is 3.17. The summed E-state index contributed by atoms with van der Waals surface area (Å²) in [6.45, 7) is 1.34. The quantitative estimate of drug-likeness (QED) is 0.881. The van der Waals surface area contributed by atoms with Crippen molar-refractivity contribution < 1.29 is 4.79 Å². The Labute approximate surface area is 150 Å². The molecule has 25 heavy (non-hydrogen) atoms. The van der Waals surface area contributed by atoms with E-state index in [0.717, 1.165) is 44.2 Å². The molecule has 2 unspecified atom stereocenters. The lowest BCUT2D eigenvalue weighted by molar-refractivity contribution is -0.137. The highest BCUT2D eigenvalue weighted by Gasteiger charge is 2.29. The molecule has 1 aliphatic carbocycles. The third-order valence-corrected chi connectivity index (χ3v) is 4.99. The zero-order valence-corrected chi connectivity index (χ0v) is 14.7. The first-order valence-corrected chi connectivity index (χ1v) is 9.19. The second kappa shape index (κ2) is 8.77. The summed E-state index contributed by atoms with van der Waals surface area (Å²) in [5.41, 5.74) is 8.43. The van der Waals surface area contributed by atoms with Crippen molar-refractivity contribution >= 4 is 5.91 Å². The van der Waals surface area contributed by atoms with E-state index in [1.54, 1.807) is 6.20 Å². The van der Waals surface area contributed by atoms with Crippen molar-refractivity contribution in [1.29, 1.82) is 0 Å². The van der Waals surface area contributed by atoms with Gasteiger partial charge in [0, 0.05) is 37.4 Å². The van der Waals surface area contributed by atoms with Crippen LogP contribution < -0.4 is 5.73 Å². The molecule has 132 valence electrons. The second-order valence-corrected chi connectivity index (χ2v) is 6.98. The van der Waals surface area contributed by atoms with Crippen LogP contribution in [0.15, 0.2) is 54.9 Å². The van der Waals surface area contributed by atoms with Crippen molar-refractivity contribution in [2.45, 2.75) is 44.7 Å². The zero-order valence-electron chi connectivity index (χ0n) is 14.7. The standard InChI is InChI=1S/C21H27N3O/c22-20-10-4-9-19(14-20)21(25)24(16-18-8-5-12-23-15-18)13-11-17-6-2-1-3-7-17/h1-3,5-8,12,15,19-20H,4,9-11,13-14,16,22H2. The number of nitrogens with two attached hydrogens (primary N) is 1. The minimum Gasteiger partial charge on any atom is -0.338 e. The first-order chi connectivity index (χ1) is 12.2. The highest BCUT2D eigenvalue weighted by atomic mass is 16.2. The molecular weight excluding hydrogens is 310 g/mol. The second-order valence-electron chi connectivity index (χ2n) is 6.98. The molecule has 1 amide bonds.